The van der Waals surface area contributed by atoms with E-state index in [9.17, 15) is 0 Å². The first-order valence-corrected chi connectivity index (χ1v) is 7.45. The van der Waals surface area contributed by atoms with Crippen LogP contribution in [0.2, 0.25) is 0 Å². The lowest BCUT2D eigenvalue weighted by atomic mass is 10.0. The largest absolute Gasteiger partial charge is 0.331 e. The number of piperidine rings is 1. The van der Waals surface area contributed by atoms with Crippen molar-refractivity contribution >= 4 is 11.0 Å². The molecular formula is C16H23N3. The number of benzene rings is 1. The van der Waals surface area contributed by atoms with Gasteiger partial charge in [0, 0.05) is 19.5 Å². The molecule has 2 aromatic rings. The van der Waals surface area contributed by atoms with Crippen molar-refractivity contribution in [3.8, 4) is 0 Å². The zero-order valence-electron chi connectivity index (χ0n) is 11.9. The molecule has 19 heavy (non-hydrogen) atoms. The molecule has 0 bridgehead atoms. The average Bonchev–Trinajstić information content (AvgIpc) is 2.76. The second-order valence-electron chi connectivity index (χ2n) is 5.61. The third kappa shape index (κ3) is 2.52. The van der Waals surface area contributed by atoms with E-state index in [0.717, 1.165) is 24.9 Å². The minimum absolute atomic E-state index is 0.606. The summed E-state index contributed by atoms with van der Waals surface area (Å²) in [6.07, 6.45) is 6.08. The van der Waals surface area contributed by atoms with Crippen LogP contribution in [-0.4, -0.2) is 22.1 Å². The molecule has 0 amide bonds. The van der Waals surface area contributed by atoms with Crippen LogP contribution in [0, 0.1) is 0 Å². The lowest BCUT2D eigenvalue weighted by Crippen LogP contribution is -2.36. The number of hydrogen-bond acceptors (Lipinski definition) is 2. The highest BCUT2D eigenvalue weighted by Crippen LogP contribution is 2.19. The van der Waals surface area contributed by atoms with Gasteiger partial charge in [-0.1, -0.05) is 19.4 Å². The van der Waals surface area contributed by atoms with E-state index >= 15 is 0 Å². The van der Waals surface area contributed by atoms with E-state index in [1.54, 1.807) is 0 Å². The molecule has 102 valence electrons. The maximum absolute atomic E-state index is 4.80. The van der Waals surface area contributed by atoms with Crippen molar-refractivity contribution in [1.82, 2.24) is 14.9 Å². The van der Waals surface area contributed by atoms with Crippen LogP contribution in [-0.2, 0) is 19.9 Å². The third-order valence-electron chi connectivity index (χ3n) is 4.29. The molecule has 3 heteroatoms. The zero-order chi connectivity index (χ0) is 13.2. The second-order valence-corrected chi connectivity index (χ2v) is 5.61. The number of aryl methyl sites for hydroxylation is 2. The summed E-state index contributed by atoms with van der Waals surface area (Å²) >= 11 is 0. The summed E-state index contributed by atoms with van der Waals surface area (Å²) in [6.45, 7) is 3.36. The minimum Gasteiger partial charge on any atom is -0.331 e. The summed E-state index contributed by atoms with van der Waals surface area (Å²) in [4.78, 5) is 4.80. The predicted molar refractivity (Wildman–Crippen MR) is 79.4 cm³/mol. The Labute approximate surface area is 115 Å². The topological polar surface area (TPSA) is 29.9 Å². The van der Waals surface area contributed by atoms with Gasteiger partial charge < -0.3 is 9.88 Å². The van der Waals surface area contributed by atoms with Crippen molar-refractivity contribution in [3.63, 3.8) is 0 Å². The molecule has 3 nitrogen and oxygen atoms in total. The Morgan fingerprint density at radius 1 is 1.37 bits per heavy atom. The molecule has 0 radical (unpaired) electrons. The fourth-order valence-electron chi connectivity index (χ4n) is 3.01. The van der Waals surface area contributed by atoms with Crippen molar-refractivity contribution in [3.05, 3.63) is 29.6 Å². The van der Waals surface area contributed by atoms with Crippen LogP contribution >= 0.6 is 0 Å². The van der Waals surface area contributed by atoms with E-state index in [1.165, 1.54) is 36.2 Å². The number of nitrogens with one attached hydrogen (secondary N) is 1. The highest BCUT2D eigenvalue weighted by Gasteiger charge is 2.16. The van der Waals surface area contributed by atoms with Crippen LogP contribution in [0.4, 0.5) is 0 Å². The zero-order valence-corrected chi connectivity index (χ0v) is 11.9. The monoisotopic (exact) mass is 257 g/mol. The van der Waals surface area contributed by atoms with Crippen molar-refractivity contribution in [2.45, 2.75) is 45.1 Å². The number of aromatic nitrogens is 2. The molecule has 1 aromatic carbocycles. The van der Waals surface area contributed by atoms with Gasteiger partial charge in [-0.25, -0.2) is 4.98 Å². The summed E-state index contributed by atoms with van der Waals surface area (Å²) in [5.41, 5.74) is 3.79. The Kier molecular flexibility index (Phi) is 3.56. The Morgan fingerprint density at radius 2 is 2.26 bits per heavy atom. The van der Waals surface area contributed by atoms with Gasteiger partial charge in [-0.05, 0) is 43.5 Å². The highest BCUT2D eigenvalue weighted by atomic mass is 15.1. The van der Waals surface area contributed by atoms with Crippen molar-refractivity contribution in [2.75, 3.05) is 6.54 Å². The lowest BCUT2D eigenvalue weighted by Gasteiger charge is -2.23. The molecule has 0 spiro atoms. The second kappa shape index (κ2) is 5.33. The number of hydrogen-bond donors (Lipinski definition) is 1. The van der Waals surface area contributed by atoms with Gasteiger partial charge in [0.05, 0.1) is 11.0 Å². The van der Waals surface area contributed by atoms with Crippen molar-refractivity contribution in [2.24, 2.45) is 7.05 Å². The molecule has 1 unspecified atom stereocenters. The Hall–Kier alpha value is -1.35. The van der Waals surface area contributed by atoms with Gasteiger partial charge in [-0.2, -0.15) is 0 Å². The molecule has 3 rings (SSSR count). The maximum atomic E-state index is 4.80. The van der Waals surface area contributed by atoms with E-state index in [-0.39, 0.29) is 0 Å². The lowest BCUT2D eigenvalue weighted by molar-refractivity contribution is 0.392. The van der Waals surface area contributed by atoms with E-state index in [2.05, 4.69) is 42.1 Å². The van der Waals surface area contributed by atoms with Gasteiger partial charge in [0.25, 0.3) is 0 Å². The summed E-state index contributed by atoms with van der Waals surface area (Å²) in [7, 11) is 2.15. The van der Waals surface area contributed by atoms with Gasteiger partial charge in [0.1, 0.15) is 5.82 Å². The number of fused-ring (bicyclic) bond motifs is 1. The Morgan fingerprint density at radius 3 is 3.00 bits per heavy atom. The third-order valence-corrected chi connectivity index (χ3v) is 4.29. The van der Waals surface area contributed by atoms with E-state index < -0.39 is 0 Å². The van der Waals surface area contributed by atoms with Gasteiger partial charge in [0.15, 0.2) is 0 Å². The Balaban J connectivity index is 1.88. The van der Waals surface area contributed by atoms with E-state index in [4.69, 9.17) is 4.98 Å². The molecule has 1 saturated heterocycles. The van der Waals surface area contributed by atoms with Crippen LogP contribution in [0.3, 0.4) is 0 Å². The molecule has 1 aliphatic heterocycles. The number of rotatable bonds is 3. The first-order valence-electron chi connectivity index (χ1n) is 7.45. The van der Waals surface area contributed by atoms with Crippen molar-refractivity contribution < 1.29 is 0 Å². The summed E-state index contributed by atoms with van der Waals surface area (Å²) in [5, 5.41) is 3.61. The normalized spacial score (nSPS) is 20.0. The molecule has 1 fully saturated rings. The minimum atomic E-state index is 0.606. The predicted octanol–water partition coefficient (Wildman–Crippen LogP) is 2.82. The highest BCUT2D eigenvalue weighted by molar-refractivity contribution is 5.76. The molecule has 2 heterocycles. The van der Waals surface area contributed by atoms with Crippen LogP contribution in [0.15, 0.2) is 18.2 Å². The van der Waals surface area contributed by atoms with Crippen molar-refractivity contribution in [1.29, 1.82) is 0 Å². The first-order chi connectivity index (χ1) is 9.28. The maximum Gasteiger partial charge on any atom is 0.111 e. The molecule has 0 aliphatic carbocycles. The average molecular weight is 257 g/mol. The summed E-state index contributed by atoms with van der Waals surface area (Å²) in [5.74, 6) is 1.21. The SMILES string of the molecule is CCc1ccc2nc(CC3CCCCN3)n(C)c2c1. The van der Waals surface area contributed by atoms with Gasteiger partial charge >= 0.3 is 0 Å². The Bertz CT molecular complexity index is 565. The van der Waals surface area contributed by atoms with E-state index in [0.29, 0.717) is 6.04 Å². The van der Waals surface area contributed by atoms with Crippen LogP contribution in [0.5, 0.6) is 0 Å². The molecule has 1 aromatic heterocycles. The standard InChI is InChI=1S/C16H23N3/c1-3-12-7-8-14-15(10-12)19(2)16(18-14)11-13-6-4-5-9-17-13/h7-8,10,13,17H,3-6,9,11H2,1-2H3. The van der Waals surface area contributed by atoms with Crippen LogP contribution < -0.4 is 5.32 Å². The van der Waals surface area contributed by atoms with Crippen LogP contribution in [0.1, 0.15) is 37.6 Å². The fraction of sp³-hybridized carbons (Fsp3) is 0.562. The molecule has 1 atom stereocenters. The summed E-state index contributed by atoms with van der Waals surface area (Å²) in [6, 6.07) is 7.24. The number of nitrogens with zero attached hydrogens (tertiary/aromatic N) is 2. The molecule has 1 aliphatic rings. The smallest absolute Gasteiger partial charge is 0.111 e. The number of imidazole rings is 1. The van der Waals surface area contributed by atoms with Crippen LogP contribution in [0.25, 0.3) is 11.0 Å². The summed E-state index contributed by atoms with van der Waals surface area (Å²) < 4.78 is 2.27. The quantitative estimate of drug-likeness (QED) is 0.916. The molecular weight excluding hydrogens is 234 g/mol. The van der Waals surface area contributed by atoms with Gasteiger partial charge in [-0.3, -0.25) is 0 Å². The molecule has 1 N–H and O–H groups in total. The van der Waals surface area contributed by atoms with Gasteiger partial charge in [-0.15, -0.1) is 0 Å². The van der Waals surface area contributed by atoms with Gasteiger partial charge in [0.2, 0.25) is 0 Å². The molecule has 0 saturated carbocycles. The fourth-order valence-corrected chi connectivity index (χ4v) is 3.01. The van der Waals surface area contributed by atoms with E-state index in [1.807, 2.05) is 0 Å². The first kappa shape index (κ1) is 12.7.